The van der Waals surface area contributed by atoms with Crippen molar-refractivity contribution in [2.24, 2.45) is 23.0 Å². The predicted octanol–water partition coefficient (Wildman–Crippen LogP) is 5.73. The van der Waals surface area contributed by atoms with Crippen LogP contribution >= 0.6 is 11.6 Å². The molecule has 0 spiro atoms. The third kappa shape index (κ3) is 7.31. The normalized spacial score (nSPS) is 22.9. The molecule has 7 nitrogen and oxygen atoms in total. The fourth-order valence-corrected chi connectivity index (χ4v) is 7.84. The Bertz CT molecular complexity index is 1320. The summed E-state index contributed by atoms with van der Waals surface area (Å²) in [6, 6.07) is 14.3. The van der Waals surface area contributed by atoms with Crippen LogP contribution in [0.5, 0.6) is 0 Å². The number of halogens is 1. The van der Waals surface area contributed by atoms with Crippen LogP contribution in [0.15, 0.2) is 48.5 Å². The van der Waals surface area contributed by atoms with Gasteiger partial charge in [0.25, 0.3) is 0 Å². The summed E-state index contributed by atoms with van der Waals surface area (Å²) in [7, 11) is 0. The lowest BCUT2D eigenvalue weighted by Gasteiger charge is -2.48. The van der Waals surface area contributed by atoms with Crippen LogP contribution in [0.2, 0.25) is 5.02 Å². The topological polar surface area (TPSA) is 105 Å². The van der Waals surface area contributed by atoms with Crippen LogP contribution in [0.25, 0.3) is 0 Å². The molecule has 8 heteroatoms. The fourth-order valence-electron chi connectivity index (χ4n) is 7.71. The SMILES string of the molecule is CC(C)(C)NC(=O)C1(C2CCCCC2)CCN(C(=O)C(Cc2ccc(Cl)cc2)NC(=O)C2CCc3ccccc3C2N)CC1. The van der Waals surface area contributed by atoms with Crippen LogP contribution in [-0.2, 0) is 27.2 Å². The second-order valence-corrected chi connectivity index (χ2v) is 14.7. The van der Waals surface area contributed by atoms with Crippen molar-refractivity contribution < 1.29 is 14.4 Å². The van der Waals surface area contributed by atoms with Crippen molar-refractivity contribution in [1.82, 2.24) is 15.5 Å². The van der Waals surface area contributed by atoms with Crippen molar-refractivity contribution >= 4 is 29.3 Å². The summed E-state index contributed by atoms with van der Waals surface area (Å²) in [5, 5.41) is 7.03. The van der Waals surface area contributed by atoms with Gasteiger partial charge in [-0.3, -0.25) is 14.4 Å². The number of carbonyl (C=O) groups is 3. The second-order valence-electron chi connectivity index (χ2n) is 14.3. The molecule has 0 bridgehead atoms. The highest BCUT2D eigenvalue weighted by atomic mass is 35.5. The van der Waals surface area contributed by atoms with E-state index in [-0.39, 0.29) is 23.3 Å². The van der Waals surface area contributed by atoms with Crippen LogP contribution in [0.1, 0.15) is 94.9 Å². The van der Waals surface area contributed by atoms with E-state index in [1.807, 2.05) is 68.1 Å². The molecular weight excluding hydrogens is 572 g/mol. The van der Waals surface area contributed by atoms with E-state index in [0.29, 0.717) is 49.7 Å². The minimum absolute atomic E-state index is 0.105. The van der Waals surface area contributed by atoms with Crippen LogP contribution in [0, 0.1) is 17.3 Å². The third-order valence-corrected chi connectivity index (χ3v) is 10.4. The van der Waals surface area contributed by atoms with E-state index in [0.717, 1.165) is 43.2 Å². The summed E-state index contributed by atoms with van der Waals surface area (Å²) < 4.78 is 0. The number of amides is 3. The van der Waals surface area contributed by atoms with Gasteiger partial charge in [-0.2, -0.15) is 0 Å². The first kappa shape index (κ1) is 32.5. The molecule has 0 radical (unpaired) electrons. The summed E-state index contributed by atoms with van der Waals surface area (Å²) >= 11 is 6.14. The van der Waals surface area contributed by atoms with Crippen molar-refractivity contribution in [3.05, 3.63) is 70.2 Å². The van der Waals surface area contributed by atoms with Gasteiger partial charge in [0.05, 0.1) is 11.3 Å². The molecule has 2 aliphatic carbocycles. The van der Waals surface area contributed by atoms with E-state index in [1.165, 1.54) is 12.0 Å². The van der Waals surface area contributed by atoms with Gasteiger partial charge >= 0.3 is 0 Å². The number of nitrogens with zero attached hydrogens (tertiary/aromatic N) is 1. The van der Waals surface area contributed by atoms with Crippen molar-refractivity contribution in [2.45, 2.75) is 103 Å². The minimum Gasteiger partial charge on any atom is -0.351 e. The molecule has 44 heavy (non-hydrogen) atoms. The highest BCUT2D eigenvalue weighted by Crippen LogP contribution is 2.46. The number of benzene rings is 2. The maximum Gasteiger partial charge on any atom is 0.245 e. The van der Waals surface area contributed by atoms with Gasteiger partial charge in [0.15, 0.2) is 0 Å². The summed E-state index contributed by atoms with van der Waals surface area (Å²) in [5.74, 6) is -0.242. The lowest BCUT2D eigenvalue weighted by molar-refractivity contribution is -0.147. The monoisotopic (exact) mass is 620 g/mol. The summed E-state index contributed by atoms with van der Waals surface area (Å²) in [6.07, 6.45) is 8.70. The summed E-state index contributed by atoms with van der Waals surface area (Å²) in [4.78, 5) is 43.7. The first-order chi connectivity index (χ1) is 21.0. The van der Waals surface area contributed by atoms with E-state index < -0.39 is 23.4 Å². The maximum absolute atomic E-state index is 14.2. The number of nitrogens with one attached hydrogen (secondary N) is 2. The van der Waals surface area contributed by atoms with Gasteiger partial charge < -0.3 is 21.3 Å². The van der Waals surface area contributed by atoms with Gasteiger partial charge in [-0.25, -0.2) is 0 Å². The van der Waals surface area contributed by atoms with E-state index in [9.17, 15) is 14.4 Å². The molecule has 3 atom stereocenters. The average molecular weight is 621 g/mol. The quantitative estimate of drug-likeness (QED) is 0.367. The molecule has 238 valence electrons. The summed E-state index contributed by atoms with van der Waals surface area (Å²) in [6.45, 7) is 7.07. The zero-order valence-electron chi connectivity index (χ0n) is 26.5. The molecule has 4 N–H and O–H groups in total. The minimum atomic E-state index is -0.737. The van der Waals surface area contributed by atoms with Crippen molar-refractivity contribution in [3.8, 4) is 0 Å². The van der Waals surface area contributed by atoms with Gasteiger partial charge in [-0.15, -0.1) is 0 Å². The maximum atomic E-state index is 14.2. The molecule has 2 fully saturated rings. The predicted molar refractivity (Wildman–Crippen MR) is 175 cm³/mol. The standard InChI is InChI=1S/C36H49ClN4O3/c1-35(2,3)40-34(44)36(26-10-5-4-6-11-26)19-21-41(22-20-36)33(43)30(23-24-13-16-27(37)17-14-24)39-32(42)29-18-15-25-9-7-8-12-28(25)31(29)38/h7-9,12-14,16-17,26,29-31H,4-6,10-11,15,18-23,38H2,1-3H3,(H,39,42)(H,40,44). The van der Waals surface area contributed by atoms with Gasteiger partial charge in [0.2, 0.25) is 17.7 Å². The number of carbonyl (C=O) groups excluding carboxylic acids is 3. The number of fused-ring (bicyclic) bond motifs is 1. The number of hydrogen-bond acceptors (Lipinski definition) is 4. The Kier molecular flexibility index (Phi) is 10.1. The van der Waals surface area contributed by atoms with Gasteiger partial charge in [-0.1, -0.05) is 67.3 Å². The highest BCUT2D eigenvalue weighted by Gasteiger charge is 2.49. The van der Waals surface area contributed by atoms with Crippen LogP contribution in [0.3, 0.4) is 0 Å². The molecule has 1 saturated heterocycles. The lowest BCUT2D eigenvalue weighted by atomic mass is 9.63. The van der Waals surface area contributed by atoms with Crippen LogP contribution < -0.4 is 16.4 Å². The molecule has 2 aromatic rings. The molecule has 0 aromatic heterocycles. The van der Waals surface area contributed by atoms with Crippen LogP contribution in [0.4, 0.5) is 0 Å². The lowest BCUT2D eigenvalue weighted by Crippen LogP contribution is -2.59. The Hall–Kier alpha value is -2.90. The Labute approximate surface area is 267 Å². The average Bonchev–Trinajstić information content (AvgIpc) is 3.01. The highest BCUT2D eigenvalue weighted by molar-refractivity contribution is 6.30. The Morgan fingerprint density at radius 2 is 1.64 bits per heavy atom. The smallest absolute Gasteiger partial charge is 0.245 e. The van der Waals surface area contributed by atoms with E-state index in [4.69, 9.17) is 17.3 Å². The molecular formula is C36H49ClN4O3. The number of piperidine rings is 1. The first-order valence-corrected chi connectivity index (χ1v) is 16.8. The number of hydrogen-bond donors (Lipinski definition) is 3. The van der Waals surface area contributed by atoms with Crippen molar-refractivity contribution in [1.29, 1.82) is 0 Å². The molecule has 3 aliphatic rings. The van der Waals surface area contributed by atoms with Crippen LogP contribution in [-0.4, -0.2) is 47.3 Å². The molecule has 2 aromatic carbocycles. The number of nitrogens with two attached hydrogens (primary N) is 1. The van der Waals surface area contributed by atoms with Gasteiger partial charge in [0.1, 0.15) is 6.04 Å². The van der Waals surface area contributed by atoms with Gasteiger partial charge in [-0.05, 0) is 94.0 Å². The van der Waals surface area contributed by atoms with E-state index in [1.54, 1.807) is 0 Å². The Morgan fingerprint density at radius 1 is 0.977 bits per heavy atom. The Morgan fingerprint density at radius 3 is 2.30 bits per heavy atom. The first-order valence-electron chi connectivity index (χ1n) is 16.5. The second kappa shape index (κ2) is 13.6. The Balaban J connectivity index is 1.33. The molecule has 1 saturated carbocycles. The van der Waals surface area contributed by atoms with E-state index in [2.05, 4.69) is 16.7 Å². The van der Waals surface area contributed by atoms with E-state index >= 15 is 0 Å². The third-order valence-electron chi connectivity index (χ3n) is 10.2. The van der Waals surface area contributed by atoms with Crippen molar-refractivity contribution in [2.75, 3.05) is 13.1 Å². The molecule has 3 amide bonds. The molecule has 1 heterocycles. The largest absolute Gasteiger partial charge is 0.351 e. The molecule has 5 rings (SSSR count). The molecule has 1 aliphatic heterocycles. The zero-order valence-corrected chi connectivity index (χ0v) is 27.3. The van der Waals surface area contributed by atoms with Gasteiger partial charge in [0, 0.05) is 36.1 Å². The number of aryl methyl sites for hydroxylation is 1. The number of rotatable bonds is 7. The summed E-state index contributed by atoms with van der Waals surface area (Å²) in [5.41, 5.74) is 8.94. The molecule has 3 unspecified atom stereocenters. The zero-order chi connectivity index (χ0) is 31.5. The van der Waals surface area contributed by atoms with Crippen molar-refractivity contribution in [3.63, 3.8) is 0 Å². The number of likely N-dealkylation sites (tertiary alicyclic amines) is 1. The fraction of sp³-hybridized carbons (Fsp3) is 0.583.